The van der Waals surface area contributed by atoms with Crippen LogP contribution < -0.4 is 21.9 Å². The fraction of sp³-hybridized carbons (Fsp3) is 0.455. The van der Waals surface area contributed by atoms with Crippen molar-refractivity contribution < 1.29 is 92.3 Å². The summed E-state index contributed by atoms with van der Waals surface area (Å²) in [4.78, 5) is 0. The Morgan fingerprint density at radius 1 is 0.364 bits per heavy atom. The minimum atomic E-state index is -7.22. The van der Waals surface area contributed by atoms with Crippen LogP contribution in [0.15, 0.2) is 0 Å². The van der Waals surface area contributed by atoms with E-state index in [4.69, 9.17) is 0 Å². The van der Waals surface area contributed by atoms with Gasteiger partial charge in [-0.1, -0.05) is 53.9 Å². The van der Waals surface area contributed by atoms with E-state index in [0.717, 1.165) is 17.9 Å². The average Bonchev–Trinajstić information content (AvgIpc) is 3.27. The van der Waals surface area contributed by atoms with Crippen molar-refractivity contribution in [3.8, 4) is 0 Å². The summed E-state index contributed by atoms with van der Waals surface area (Å²) in [5.74, 6) is -69.7. The molecule has 1 saturated carbocycles. The van der Waals surface area contributed by atoms with Crippen LogP contribution in [-0.2, 0) is 0 Å². The number of hydrogen-bond acceptors (Lipinski definition) is 0. The lowest BCUT2D eigenvalue weighted by molar-refractivity contribution is -0.957. The Labute approximate surface area is 366 Å². The van der Waals surface area contributed by atoms with E-state index in [1.807, 2.05) is 0 Å². The molecule has 0 amide bonds. The molecule has 0 saturated heterocycles. The molecule has 0 heterocycles. The molecule has 0 aliphatic heterocycles. The van der Waals surface area contributed by atoms with Crippen molar-refractivity contribution in [2.45, 2.75) is 98.4 Å². The van der Waals surface area contributed by atoms with E-state index in [2.05, 4.69) is 34.6 Å². The van der Waals surface area contributed by atoms with Gasteiger partial charge in [0.1, 0.15) is 52.7 Å². The Morgan fingerprint density at radius 3 is 0.833 bits per heavy atom. The molecule has 0 aromatic heterocycles. The van der Waals surface area contributed by atoms with Gasteiger partial charge in [0.15, 0.2) is 69.8 Å². The minimum absolute atomic E-state index is 0.830. The fourth-order valence-corrected chi connectivity index (χ4v) is 9.55. The maximum Gasteiger partial charge on any atom is 0.200 e. The van der Waals surface area contributed by atoms with Gasteiger partial charge in [0, 0.05) is 11.8 Å². The topological polar surface area (TPSA) is 0 Å². The Balaban J connectivity index is 0.000000380. The van der Waals surface area contributed by atoms with E-state index >= 15 is 35.1 Å². The lowest BCUT2D eigenvalue weighted by atomic mass is 9.12. The summed E-state index contributed by atoms with van der Waals surface area (Å²) in [5, 5.41) is 0. The fourth-order valence-electron chi connectivity index (χ4n) is 9.55. The van der Waals surface area contributed by atoms with Crippen LogP contribution in [0.5, 0.6) is 0 Å². The monoisotopic (exact) mass is 975 g/mol. The standard InChI is InChI=1S/C24BF20.C20H42N/c26-5-1(6(27)14(35)21(42)13(5)34)25(2-7(28)15(36)22(43)16(37)8(2)29,3-9(30)17(38)23(44)18(39)10(3)31)4-11(32)19(40)24(45)20(41)12(4)33;1-6-7-8-12-15-21(16-18(2)3,17-19(4)5)20-13-10-9-11-14-20/h;18-20H,6-17H2,1-5H3/q-1;+1. The van der Waals surface area contributed by atoms with Crippen LogP contribution in [-0.4, -0.2) is 36.3 Å². The van der Waals surface area contributed by atoms with Crippen molar-refractivity contribution in [2.75, 3.05) is 19.6 Å². The van der Waals surface area contributed by atoms with Crippen LogP contribution in [0.4, 0.5) is 87.8 Å². The van der Waals surface area contributed by atoms with E-state index in [-0.39, 0.29) is 0 Å². The third-order valence-electron chi connectivity index (χ3n) is 12.0. The van der Waals surface area contributed by atoms with Crippen molar-refractivity contribution in [1.29, 1.82) is 0 Å². The number of hydrogen-bond donors (Lipinski definition) is 0. The van der Waals surface area contributed by atoms with E-state index in [1.165, 1.54) is 81.9 Å². The Morgan fingerprint density at radius 2 is 0.606 bits per heavy atom. The Bertz CT molecular complexity index is 2040. The van der Waals surface area contributed by atoms with Gasteiger partial charge in [-0.3, -0.25) is 0 Å². The Hall–Kier alpha value is -4.50. The SMILES string of the molecule is CCCCCC[N+](CC(C)C)(CC(C)C)C1CCCCC1.Fc1c(F)c(F)c([B-](c2c(F)c(F)c(F)c(F)c2F)(c2c(F)c(F)c(F)c(F)c2F)c2c(F)c(F)c(F)c(F)c2F)c(F)c1F. The molecular weight excluding hydrogens is 933 g/mol. The first-order valence-electron chi connectivity index (χ1n) is 20.8. The van der Waals surface area contributed by atoms with Gasteiger partial charge in [0.2, 0.25) is 0 Å². The summed E-state index contributed by atoms with van der Waals surface area (Å²) >= 11 is 0. The lowest BCUT2D eigenvalue weighted by Gasteiger charge is -2.49. The van der Waals surface area contributed by atoms with E-state index in [9.17, 15) is 52.7 Å². The molecule has 0 N–H and O–H groups in total. The zero-order valence-corrected chi connectivity index (χ0v) is 35.8. The Kier molecular flexibility index (Phi) is 17.4. The molecule has 1 fully saturated rings. The summed E-state index contributed by atoms with van der Waals surface area (Å²) in [7, 11) is 0. The van der Waals surface area contributed by atoms with Crippen LogP contribution >= 0.6 is 0 Å². The highest BCUT2D eigenvalue weighted by atomic mass is 19.2. The van der Waals surface area contributed by atoms with E-state index in [0.29, 0.717) is 0 Å². The van der Waals surface area contributed by atoms with Crippen molar-refractivity contribution in [2.24, 2.45) is 11.8 Å². The number of halogens is 20. The van der Waals surface area contributed by atoms with Gasteiger partial charge in [0.05, 0.1) is 25.7 Å². The average molecular weight is 976 g/mol. The minimum Gasteiger partial charge on any atom is -0.321 e. The van der Waals surface area contributed by atoms with Crippen LogP contribution in [0.2, 0.25) is 0 Å². The molecule has 5 rings (SSSR count). The molecule has 22 heteroatoms. The number of unbranched alkanes of at least 4 members (excludes halogenated alkanes) is 3. The summed E-state index contributed by atoms with van der Waals surface area (Å²) in [5.41, 5.74) is -14.3. The maximum atomic E-state index is 15.4. The van der Waals surface area contributed by atoms with Gasteiger partial charge < -0.3 is 4.48 Å². The molecule has 66 heavy (non-hydrogen) atoms. The first-order chi connectivity index (χ1) is 30.7. The first kappa shape index (κ1) is 54.1. The zero-order valence-electron chi connectivity index (χ0n) is 35.8. The third kappa shape index (κ3) is 9.49. The number of quaternary nitrogens is 1. The van der Waals surface area contributed by atoms with Crippen LogP contribution in [0, 0.1) is 128 Å². The van der Waals surface area contributed by atoms with Gasteiger partial charge in [0.25, 0.3) is 0 Å². The predicted octanol–water partition coefficient (Wildman–Crippen LogP) is 11.9. The molecule has 0 unspecified atom stereocenters. The second-order valence-electron chi connectivity index (χ2n) is 17.2. The van der Waals surface area contributed by atoms with E-state index in [1.54, 1.807) is 0 Å². The smallest absolute Gasteiger partial charge is 0.200 e. The molecule has 1 aliphatic carbocycles. The van der Waals surface area contributed by atoms with Crippen LogP contribution in [0.25, 0.3) is 0 Å². The highest BCUT2D eigenvalue weighted by molar-refractivity contribution is 7.20. The molecule has 1 aliphatic rings. The van der Waals surface area contributed by atoms with Gasteiger partial charge >= 0.3 is 0 Å². The normalized spacial score (nSPS) is 13.9. The molecular formula is C44H42BF20N. The van der Waals surface area contributed by atoms with Gasteiger partial charge in [-0.15, -0.1) is 21.9 Å². The molecule has 4 aromatic rings. The third-order valence-corrected chi connectivity index (χ3v) is 12.0. The first-order valence-corrected chi connectivity index (χ1v) is 20.8. The van der Waals surface area contributed by atoms with Crippen molar-refractivity contribution in [3.05, 3.63) is 116 Å². The maximum absolute atomic E-state index is 15.4. The molecule has 0 spiro atoms. The largest absolute Gasteiger partial charge is 0.321 e. The van der Waals surface area contributed by atoms with Crippen LogP contribution in [0.3, 0.4) is 0 Å². The summed E-state index contributed by atoms with van der Waals surface area (Å²) in [6.45, 7) is 16.3. The number of nitrogens with zero attached hydrogens (tertiary/aromatic N) is 1. The second-order valence-corrected chi connectivity index (χ2v) is 17.2. The van der Waals surface area contributed by atoms with Crippen molar-refractivity contribution in [3.63, 3.8) is 0 Å². The predicted molar refractivity (Wildman–Crippen MR) is 205 cm³/mol. The summed E-state index contributed by atoms with van der Waals surface area (Å²) in [6.07, 6.45) is 5.89. The van der Waals surface area contributed by atoms with Gasteiger partial charge in [-0.05, 0) is 38.5 Å². The quantitative estimate of drug-likeness (QED) is 0.0295. The molecule has 0 radical (unpaired) electrons. The van der Waals surface area contributed by atoms with Gasteiger partial charge in [-0.2, -0.15) is 0 Å². The highest BCUT2D eigenvalue weighted by Gasteiger charge is 2.52. The summed E-state index contributed by atoms with van der Waals surface area (Å²) in [6, 6.07) is 0.963. The van der Waals surface area contributed by atoms with Gasteiger partial charge in [-0.25, -0.2) is 87.8 Å². The molecule has 1 nitrogen and oxygen atoms in total. The number of benzene rings is 4. The molecule has 0 bridgehead atoms. The van der Waals surface area contributed by atoms with Crippen molar-refractivity contribution >= 4 is 28.0 Å². The molecule has 366 valence electrons. The second kappa shape index (κ2) is 21.2. The lowest BCUT2D eigenvalue weighted by Crippen LogP contribution is -2.81. The molecule has 4 aromatic carbocycles. The van der Waals surface area contributed by atoms with E-state index < -0.39 is 144 Å². The number of rotatable bonds is 14. The summed E-state index contributed by atoms with van der Waals surface area (Å²) < 4.78 is 295. The van der Waals surface area contributed by atoms with Crippen LogP contribution in [0.1, 0.15) is 92.4 Å². The van der Waals surface area contributed by atoms with Crippen molar-refractivity contribution in [1.82, 2.24) is 0 Å². The highest BCUT2D eigenvalue weighted by Crippen LogP contribution is 2.33. The zero-order chi connectivity index (χ0) is 50.1. The molecule has 0 atom stereocenters.